The number of ether oxygens (including phenoxy) is 4. The molecule has 1 unspecified atom stereocenters. The van der Waals surface area contributed by atoms with Gasteiger partial charge in [-0.25, -0.2) is 0 Å². The quantitative estimate of drug-likeness (QED) is 0.807. The summed E-state index contributed by atoms with van der Waals surface area (Å²) >= 11 is 0. The Hall–Kier alpha value is -2.40. The molecule has 0 heterocycles. The second kappa shape index (κ2) is 8.45. The lowest BCUT2D eigenvalue weighted by Gasteiger charge is -2.16. The van der Waals surface area contributed by atoms with E-state index in [0.29, 0.717) is 24.7 Å². The van der Waals surface area contributed by atoms with Crippen LogP contribution in [0.15, 0.2) is 36.4 Å². The maximum atomic E-state index is 5.70. The van der Waals surface area contributed by atoms with Gasteiger partial charge in [0.1, 0.15) is 6.04 Å². The molecule has 2 aromatic carbocycles. The molecule has 1 atom stereocenters. The van der Waals surface area contributed by atoms with E-state index in [2.05, 4.69) is 5.73 Å². The molecule has 0 saturated heterocycles. The van der Waals surface area contributed by atoms with Gasteiger partial charge in [-0.05, 0) is 50.2 Å². The van der Waals surface area contributed by atoms with Crippen molar-refractivity contribution in [2.24, 2.45) is 0 Å². The van der Waals surface area contributed by atoms with Gasteiger partial charge >= 0.3 is 0 Å². The minimum atomic E-state index is -0.0558. The van der Waals surface area contributed by atoms with Crippen LogP contribution >= 0.6 is 0 Å². The van der Waals surface area contributed by atoms with Gasteiger partial charge in [-0.3, -0.25) is 0 Å². The Kier molecular flexibility index (Phi) is 6.32. The van der Waals surface area contributed by atoms with Gasteiger partial charge in [-0.2, -0.15) is 0 Å². The maximum absolute atomic E-state index is 5.70. The van der Waals surface area contributed by atoms with E-state index in [1.807, 2.05) is 50.2 Å². The first kappa shape index (κ1) is 17.9. The van der Waals surface area contributed by atoms with Gasteiger partial charge in [-0.1, -0.05) is 0 Å². The van der Waals surface area contributed by atoms with Crippen LogP contribution in [0.25, 0.3) is 0 Å². The van der Waals surface area contributed by atoms with Crippen LogP contribution in [0, 0.1) is 0 Å². The smallest absolute Gasteiger partial charge is 0.161 e. The standard InChI is InChI=1S/C19H25NO4/c1-5-23-16-10-8-14(12-18(16)24-6-2)19(20)13-7-9-15(21-3)17(11-13)22-4/h7-12,19H,5-6,20H2,1-4H3/p+1. The van der Waals surface area contributed by atoms with E-state index in [0.717, 1.165) is 22.6 Å². The summed E-state index contributed by atoms with van der Waals surface area (Å²) < 4.78 is 22.0. The highest BCUT2D eigenvalue weighted by Gasteiger charge is 2.18. The van der Waals surface area contributed by atoms with E-state index in [9.17, 15) is 0 Å². The molecule has 130 valence electrons. The van der Waals surface area contributed by atoms with Gasteiger partial charge in [0.2, 0.25) is 0 Å². The highest BCUT2D eigenvalue weighted by Crippen LogP contribution is 2.34. The molecule has 0 spiro atoms. The van der Waals surface area contributed by atoms with Crippen LogP contribution in [0.2, 0.25) is 0 Å². The van der Waals surface area contributed by atoms with Crippen molar-refractivity contribution in [2.45, 2.75) is 19.9 Å². The number of hydrogen-bond donors (Lipinski definition) is 1. The summed E-state index contributed by atoms with van der Waals surface area (Å²) in [5.41, 5.74) is 6.38. The fourth-order valence-corrected chi connectivity index (χ4v) is 2.55. The van der Waals surface area contributed by atoms with Gasteiger partial charge in [-0.15, -0.1) is 0 Å². The van der Waals surface area contributed by atoms with Crippen molar-refractivity contribution in [1.82, 2.24) is 0 Å². The molecule has 0 fully saturated rings. The summed E-state index contributed by atoms with van der Waals surface area (Å²) in [6.45, 7) is 5.10. The van der Waals surface area contributed by atoms with Crippen molar-refractivity contribution in [2.75, 3.05) is 27.4 Å². The molecular weight excluding hydrogens is 306 g/mol. The highest BCUT2D eigenvalue weighted by molar-refractivity contribution is 5.48. The second-order valence-electron chi connectivity index (χ2n) is 5.24. The number of methoxy groups -OCH3 is 2. The van der Waals surface area contributed by atoms with Crippen LogP contribution in [-0.4, -0.2) is 27.4 Å². The van der Waals surface area contributed by atoms with Crippen LogP contribution < -0.4 is 24.7 Å². The molecule has 0 aliphatic rings. The van der Waals surface area contributed by atoms with Gasteiger partial charge in [0.05, 0.1) is 27.4 Å². The van der Waals surface area contributed by atoms with E-state index in [1.165, 1.54) is 0 Å². The predicted octanol–water partition coefficient (Wildman–Crippen LogP) is 2.83. The van der Waals surface area contributed by atoms with E-state index < -0.39 is 0 Å². The zero-order chi connectivity index (χ0) is 17.5. The second-order valence-corrected chi connectivity index (χ2v) is 5.24. The first-order chi connectivity index (χ1) is 11.6. The third-order valence-electron chi connectivity index (χ3n) is 3.78. The number of hydrogen-bond acceptors (Lipinski definition) is 4. The van der Waals surface area contributed by atoms with Crippen LogP contribution in [0.5, 0.6) is 23.0 Å². The van der Waals surface area contributed by atoms with Crippen LogP contribution in [0.4, 0.5) is 0 Å². The molecule has 2 aromatic rings. The summed E-state index contributed by atoms with van der Waals surface area (Å²) in [7, 11) is 3.25. The third-order valence-corrected chi connectivity index (χ3v) is 3.78. The molecule has 0 radical (unpaired) electrons. The molecule has 0 aromatic heterocycles. The number of benzene rings is 2. The lowest BCUT2D eigenvalue weighted by molar-refractivity contribution is -0.411. The average Bonchev–Trinajstić information content (AvgIpc) is 2.62. The van der Waals surface area contributed by atoms with Crippen molar-refractivity contribution >= 4 is 0 Å². The summed E-state index contributed by atoms with van der Waals surface area (Å²) in [5, 5.41) is 0. The Labute approximate surface area is 143 Å². The van der Waals surface area contributed by atoms with Gasteiger partial charge in [0.15, 0.2) is 23.0 Å². The van der Waals surface area contributed by atoms with Crippen molar-refractivity contribution < 1.29 is 24.7 Å². The Morgan fingerprint density at radius 3 is 1.79 bits per heavy atom. The SMILES string of the molecule is CCOc1ccc(C([NH3+])c2ccc(OC)c(OC)c2)cc1OCC. The number of quaternary nitrogens is 1. The lowest BCUT2D eigenvalue weighted by Crippen LogP contribution is -2.54. The fourth-order valence-electron chi connectivity index (χ4n) is 2.55. The first-order valence-corrected chi connectivity index (χ1v) is 8.09. The van der Waals surface area contributed by atoms with E-state index in [4.69, 9.17) is 18.9 Å². The molecule has 2 rings (SSSR count). The summed E-state index contributed by atoms with van der Waals surface area (Å²) in [6.07, 6.45) is 0. The molecule has 5 nitrogen and oxygen atoms in total. The summed E-state index contributed by atoms with van der Waals surface area (Å²) in [6, 6.07) is 11.7. The van der Waals surface area contributed by atoms with E-state index >= 15 is 0 Å². The third kappa shape index (κ3) is 3.92. The van der Waals surface area contributed by atoms with Crippen molar-refractivity contribution in [1.29, 1.82) is 0 Å². The molecule has 0 aliphatic carbocycles. The fraction of sp³-hybridized carbons (Fsp3) is 0.368. The van der Waals surface area contributed by atoms with Crippen LogP contribution in [-0.2, 0) is 0 Å². The summed E-state index contributed by atoms with van der Waals surface area (Å²) in [5.74, 6) is 2.89. The molecular formula is C19H26NO4+. The normalized spacial score (nSPS) is 11.7. The molecule has 0 amide bonds. The van der Waals surface area contributed by atoms with Crippen molar-refractivity contribution in [3.05, 3.63) is 47.5 Å². The Morgan fingerprint density at radius 1 is 0.750 bits per heavy atom. The Morgan fingerprint density at radius 2 is 1.25 bits per heavy atom. The molecule has 0 saturated carbocycles. The largest absolute Gasteiger partial charge is 0.493 e. The predicted molar refractivity (Wildman–Crippen MR) is 93.1 cm³/mol. The minimum Gasteiger partial charge on any atom is -0.493 e. The van der Waals surface area contributed by atoms with Gasteiger partial charge in [0, 0.05) is 11.1 Å². The van der Waals surface area contributed by atoms with E-state index in [-0.39, 0.29) is 6.04 Å². The van der Waals surface area contributed by atoms with Crippen molar-refractivity contribution in [3.63, 3.8) is 0 Å². The highest BCUT2D eigenvalue weighted by atomic mass is 16.5. The van der Waals surface area contributed by atoms with Gasteiger partial charge < -0.3 is 24.7 Å². The van der Waals surface area contributed by atoms with Crippen molar-refractivity contribution in [3.8, 4) is 23.0 Å². The zero-order valence-electron chi connectivity index (χ0n) is 14.8. The Balaban J connectivity index is 2.35. The maximum Gasteiger partial charge on any atom is 0.161 e. The topological polar surface area (TPSA) is 64.6 Å². The minimum absolute atomic E-state index is 0.0558. The lowest BCUT2D eigenvalue weighted by atomic mass is 9.98. The summed E-state index contributed by atoms with van der Waals surface area (Å²) in [4.78, 5) is 0. The Bertz CT molecular complexity index is 672. The zero-order valence-corrected chi connectivity index (χ0v) is 14.8. The number of rotatable bonds is 8. The molecule has 24 heavy (non-hydrogen) atoms. The monoisotopic (exact) mass is 332 g/mol. The molecule has 0 aliphatic heterocycles. The molecule has 5 heteroatoms. The van der Waals surface area contributed by atoms with Crippen LogP contribution in [0.3, 0.4) is 0 Å². The average molecular weight is 332 g/mol. The first-order valence-electron chi connectivity index (χ1n) is 8.09. The van der Waals surface area contributed by atoms with Crippen LogP contribution in [0.1, 0.15) is 31.0 Å². The van der Waals surface area contributed by atoms with Gasteiger partial charge in [0.25, 0.3) is 0 Å². The van der Waals surface area contributed by atoms with E-state index in [1.54, 1.807) is 14.2 Å². The molecule has 0 bridgehead atoms. The molecule has 3 N–H and O–H groups in total.